The molecule has 7 heteroatoms. The maximum atomic E-state index is 12.2. The molecular weight excluding hydrogens is 437 g/mol. The monoisotopic (exact) mass is 473 g/mol. The van der Waals surface area contributed by atoms with E-state index in [4.69, 9.17) is 4.99 Å². The van der Waals surface area contributed by atoms with Crippen molar-refractivity contribution in [1.29, 1.82) is 0 Å². The molecule has 1 fully saturated rings. The van der Waals surface area contributed by atoms with Crippen LogP contribution in [0.2, 0.25) is 0 Å². The van der Waals surface area contributed by atoms with Crippen LogP contribution in [0.15, 0.2) is 4.99 Å². The van der Waals surface area contributed by atoms with Crippen molar-refractivity contribution >= 4 is 39.8 Å². The van der Waals surface area contributed by atoms with E-state index in [1.807, 2.05) is 6.92 Å². The fourth-order valence-electron chi connectivity index (χ4n) is 2.95. The minimum absolute atomic E-state index is 0. The minimum Gasteiger partial charge on any atom is -0.357 e. The van der Waals surface area contributed by atoms with Gasteiger partial charge in [-0.2, -0.15) is 0 Å². The number of guanidine groups is 1. The van der Waals surface area contributed by atoms with E-state index in [0.717, 1.165) is 25.5 Å². The summed E-state index contributed by atoms with van der Waals surface area (Å²) in [5, 5.41) is 6.39. The van der Waals surface area contributed by atoms with E-state index in [9.17, 15) is 8.42 Å². The molecule has 0 heterocycles. The molecule has 0 unspecified atom stereocenters. The molecule has 1 saturated carbocycles. The van der Waals surface area contributed by atoms with Gasteiger partial charge in [-0.25, -0.2) is 8.42 Å². The molecule has 0 amide bonds. The van der Waals surface area contributed by atoms with Crippen LogP contribution < -0.4 is 10.6 Å². The van der Waals surface area contributed by atoms with E-state index in [0.29, 0.717) is 12.0 Å². The summed E-state index contributed by atoms with van der Waals surface area (Å²) in [5.74, 6) is 0.858. The van der Waals surface area contributed by atoms with Gasteiger partial charge in [-0.15, -0.1) is 24.0 Å². The highest BCUT2D eigenvalue weighted by atomic mass is 127. The molecule has 0 aromatic carbocycles. The van der Waals surface area contributed by atoms with E-state index in [1.54, 1.807) is 20.8 Å². The van der Waals surface area contributed by atoms with Crippen LogP contribution >= 0.6 is 24.0 Å². The normalized spacial score (nSPS) is 18.1. The second kappa shape index (κ2) is 10.2. The molecule has 0 saturated heterocycles. The van der Waals surface area contributed by atoms with Crippen molar-refractivity contribution < 1.29 is 8.42 Å². The van der Waals surface area contributed by atoms with Gasteiger partial charge in [-0.05, 0) is 52.4 Å². The van der Waals surface area contributed by atoms with Crippen molar-refractivity contribution in [3.63, 3.8) is 0 Å². The largest absolute Gasteiger partial charge is 0.357 e. The number of halogens is 1. The predicted molar refractivity (Wildman–Crippen MR) is 114 cm³/mol. The van der Waals surface area contributed by atoms with E-state index >= 15 is 0 Å². The summed E-state index contributed by atoms with van der Waals surface area (Å²) in [4.78, 5) is 4.72. The summed E-state index contributed by atoms with van der Waals surface area (Å²) in [6.45, 7) is 11.5. The van der Waals surface area contributed by atoms with Crippen molar-refractivity contribution in [2.24, 2.45) is 10.4 Å². The fraction of sp³-hybridized carbons (Fsp3) is 0.941. The van der Waals surface area contributed by atoms with Gasteiger partial charge in [-0.3, -0.25) is 4.99 Å². The predicted octanol–water partition coefficient (Wildman–Crippen LogP) is 3.34. The Morgan fingerprint density at radius 3 is 2.17 bits per heavy atom. The molecular formula is C17H36IN3O2S. The lowest BCUT2D eigenvalue weighted by Crippen LogP contribution is -2.42. The zero-order valence-corrected chi connectivity index (χ0v) is 19.1. The standard InChI is InChI=1S/C17H35N3O2S.HI/c1-6-17(10-8-9-11-17)14-20-15(18-7-2)19-12-13-23(21,22)16(3,4)5;/h6-14H2,1-5H3,(H2,18,19,20);1H. The SMILES string of the molecule is CCNC(=NCC1(CC)CCCC1)NCCS(=O)(=O)C(C)(C)C.I. The Bertz CT molecular complexity index is 492. The molecule has 2 N–H and O–H groups in total. The summed E-state index contributed by atoms with van der Waals surface area (Å²) >= 11 is 0. The van der Waals surface area contributed by atoms with Crippen molar-refractivity contribution in [2.45, 2.75) is 71.5 Å². The van der Waals surface area contributed by atoms with Gasteiger partial charge >= 0.3 is 0 Å². The number of nitrogens with one attached hydrogen (secondary N) is 2. The van der Waals surface area contributed by atoms with Crippen molar-refractivity contribution in [3.8, 4) is 0 Å². The van der Waals surface area contributed by atoms with Crippen molar-refractivity contribution in [2.75, 3.05) is 25.4 Å². The van der Waals surface area contributed by atoms with Gasteiger partial charge in [0.05, 0.1) is 10.5 Å². The summed E-state index contributed by atoms with van der Waals surface area (Å²) < 4.78 is 23.6. The van der Waals surface area contributed by atoms with Crippen LogP contribution in [-0.2, 0) is 9.84 Å². The average molecular weight is 473 g/mol. The molecule has 1 rings (SSSR count). The quantitative estimate of drug-likeness (QED) is 0.338. The van der Waals surface area contributed by atoms with Crippen LogP contribution in [0.25, 0.3) is 0 Å². The molecule has 24 heavy (non-hydrogen) atoms. The van der Waals surface area contributed by atoms with Gasteiger partial charge in [-0.1, -0.05) is 19.8 Å². The van der Waals surface area contributed by atoms with E-state index < -0.39 is 14.6 Å². The highest BCUT2D eigenvalue weighted by Crippen LogP contribution is 2.41. The zero-order chi connectivity index (χ0) is 17.6. The molecule has 0 atom stereocenters. The van der Waals surface area contributed by atoms with Crippen molar-refractivity contribution in [3.05, 3.63) is 0 Å². The summed E-state index contributed by atoms with van der Waals surface area (Å²) in [6.07, 6.45) is 6.28. The number of sulfone groups is 1. The lowest BCUT2D eigenvalue weighted by Gasteiger charge is -2.26. The number of hydrogen-bond acceptors (Lipinski definition) is 3. The second-order valence-electron chi connectivity index (χ2n) is 7.61. The minimum atomic E-state index is -3.10. The Hall–Kier alpha value is -0.0500. The highest BCUT2D eigenvalue weighted by molar-refractivity contribution is 14.0. The van der Waals surface area contributed by atoms with Crippen LogP contribution in [0.4, 0.5) is 0 Å². The lowest BCUT2D eigenvalue weighted by atomic mass is 9.84. The number of aliphatic imine (C=N–C) groups is 1. The lowest BCUT2D eigenvalue weighted by molar-refractivity contribution is 0.297. The summed E-state index contributed by atoms with van der Waals surface area (Å²) in [5.41, 5.74) is 0.347. The Morgan fingerprint density at radius 1 is 1.12 bits per heavy atom. The first-order valence-electron chi connectivity index (χ1n) is 8.90. The van der Waals surface area contributed by atoms with Crippen LogP contribution in [0, 0.1) is 5.41 Å². The molecule has 5 nitrogen and oxygen atoms in total. The van der Waals surface area contributed by atoms with E-state index in [1.165, 1.54) is 25.7 Å². The van der Waals surface area contributed by atoms with Gasteiger partial charge in [0.1, 0.15) is 0 Å². The molecule has 0 aromatic heterocycles. The first-order chi connectivity index (χ1) is 10.7. The van der Waals surface area contributed by atoms with Crippen LogP contribution in [0.1, 0.15) is 66.7 Å². The second-order valence-corrected chi connectivity index (χ2v) is 10.5. The molecule has 1 aliphatic carbocycles. The van der Waals surface area contributed by atoms with Crippen molar-refractivity contribution in [1.82, 2.24) is 10.6 Å². The third kappa shape index (κ3) is 7.06. The molecule has 0 aliphatic heterocycles. The van der Waals surface area contributed by atoms with Gasteiger partial charge in [0, 0.05) is 19.6 Å². The molecule has 144 valence electrons. The van der Waals surface area contributed by atoms with E-state index in [-0.39, 0.29) is 29.7 Å². The Kier molecular flexibility index (Phi) is 10.2. The molecule has 0 spiro atoms. The summed E-state index contributed by atoms with van der Waals surface area (Å²) in [6, 6.07) is 0. The number of nitrogens with zero attached hydrogens (tertiary/aromatic N) is 1. The Balaban J connectivity index is 0.00000529. The summed E-state index contributed by atoms with van der Waals surface area (Å²) in [7, 11) is -3.10. The van der Waals surface area contributed by atoms with Crippen LogP contribution in [0.5, 0.6) is 0 Å². The Morgan fingerprint density at radius 2 is 1.71 bits per heavy atom. The first-order valence-corrected chi connectivity index (χ1v) is 10.6. The third-order valence-electron chi connectivity index (χ3n) is 4.93. The van der Waals surface area contributed by atoms with Gasteiger partial charge in [0.25, 0.3) is 0 Å². The molecule has 0 radical (unpaired) electrons. The average Bonchev–Trinajstić information content (AvgIpc) is 2.93. The maximum absolute atomic E-state index is 12.2. The van der Waals surface area contributed by atoms with Gasteiger partial charge in [0.2, 0.25) is 0 Å². The molecule has 0 bridgehead atoms. The third-order valence-corrected chi connectivity index (χ3v) is 7.53. The van der Waals surface area contributed by atoms with Gasteiger partial charge in [0.15, 0.2) is 15.8 Å². The fourth-order valence-corrected chi connectivity index (χ4v) is 3.93. The van der Waals surface area contributed by atoms with Crippen LogP contribution in [-0.4, -0.2) is 44.5 Å². The van der Waals surface area contributed by atoms with Gasteiger partial charge < -0.3 is 10.6 Å². The number of hydrogen-bond donors (Lipinski definition) is 2. The Labute approximate surface area is 165 Å². The number of rotatable bonds is 7. The smallest absolute Gasteiger partial charge is 0.191 e. The molecule has 1 aliphatic rings. The maximum Gasteiger partial charge on any atom is 0.191 e. The van der Waals surface area contributed by atoms with E-state index in [2.05, 4.69) is 17.6 Å². The topological polar surface area (TPSA) is 70.6 Å². The zero-order valence-electron chi connectivity index (χ0n) is 15.9. The first kappa shape index (κ1) is 23.9. The molecule has 0 aromatic rings. The highest BCUT2D eigenvalue weighted by Gasteiger charge is 2.32. The van der Waals surface area contributed by atoms with Crippen LogP contribution in [0.3, 0.4) is 0 Å².